The lowest BCUT2D eigenvalue weighted by Gasteiger charge is -2.21. The van der Waals surface area contributed by atoms with Gasteiger partial charge >= 0.3 is 5.97 Å². The quantitative estimate of drug-likeness (QED) is 0.623. The van der Waals surface area contributed by atoms with E-state index < -0.39 is 11.4 Å². The summed E-state index contributed by atoms with van der Waals surface area (Å²) in [6, 6.07) is 14.5. The zero-order valence-electron chi connectivity index (χ0n) is 12.8. The maximum absolute atomic E-state index is 13.2. The largest absolute Gasteiger partial charge is 0.360 e. The van der Waals surface area contributed by atoms with Crippen LogP contribution in [0.15, 0.2) is 53.7 Å². The maximum atomic E-state index is 13.2. The molecule has 6 heteroatoms. The topological polar surface area (TPSA) is 59.0 Å². The van der Waals surface area contributed by atoms with Crippen molar-refractivity contribution in [3.63, 3.8) is 0 Å². The fraction of sp³-hybridized carbons (Fsp3) is 0.167. The van der Waals surface area contributed by atoms with Gasteiger partial charge in [0, 0.05) is 16.3 Å². The number of rotatable bonds is 2. The number of halogens is 1. The summed E-state index contributed by atoms with van der Waals surface area (Å²) in [5, 5.41) is 4.33. The number of oxime groups is 1. The van der Waals surface area contributed by atoms with Crippen LogP contribution in [-0.4, -0.2) is 17.6 Å². The number of carbonyl (C=O) groups excluding carboxylic acids is 2. The van der Waals surface area contributed by atoms with Crippen LogP contribution in [0, 0.1) is 0 Å². The number of carbonyl (C=O) groups is 2. The second kappa shape index (κ2) is 5.18. The summed E-state index contributed by atoms with van der Waals surface area (Å²) in [6.45, 7) is 1.91. The van der Waals surface area contributed by atoms with E-state index in [-0.39, 0.29) is 12.5 Å². The molecule has 0 unspecified atom stereocenters. The van der Waals surface area contributed by atoms with Crippen molar-refractivity contribution in [2.24, 2.45) is 5.16 Å². The van der Waals surface area contributed by atoms with Crippen molar-refractivity contribution in [3.8, 4) is 0 Å². The first-order valence-electron chi connectivity index (χ1n) is 7.48. The van der Waals surface area contributed by atoms with Gasteiger partial charge in [-0.2, -0.15) is 0 Å². The second-order valence-electron chi connectivity index (χ2n) is 5.81. The summed E-state index contributed by atoms with van der Waals surface area (Å²) in [5.41, 5.74) is 0.964. The Kier molecular flexibility index (Phi) is 3.21. The van der Waals surface area contributed by atoms with Gasteiger partial charge in [-0.15, -0.1) is 0 Å². The van der Waals surface area contributed by atoms with E-state index in [4.69, 9.17) is 16.4 Å². The number of hydrogen-bond donors (Lipinski definition) is 0. The molecule has 0 aliphatic carbocycles. The zero-order chi connectivity index (χ0) is 16.9. The van der Waals surface area contributed by atoms with Gasteiger partial charge in [0.1, 0.15) is 0 Å². The third kappa shape index (κ3) is 1.79. The molecule has 0 fully saturated rings. The smallest absolute Gasteiger partial charge is 0.316 e. The number of para-hydroxylation sites is 1. The van der Waals surface area contributed by atoms with Crippen molar-refractivity contribution < 1.29 is 14.4 Å². The molecule has 120 valence electrons. The minimum absolute atomic E-state index is 0.276. The van der Waals surface area contributed by atoms with E-state index in [1.807, 2.05) is 30.3 Å². The first kappa shape index (κ1) is 14.9. The number of anilines is 1. The maximum Gasteiger partial charge on any atom is 0.360 e. The van der Waals surface area contributed by atoms with Crippen molar-refractivity contribution in [1.29, 1.82) is 0 Å². The fourth-order valence-corrected chi connectivity index (χ4v) is 3.54. The lowest BCUT2D eigenvalue weighted by Crippen LogP contribution is -2.48. The number of benzene rings is 2. The first-order chi connectivity index (χ1) is 11.6. The minimum atomic E-state index is -1.47. The van der Waals surface area contributed by atoms with E-state index in [1.165, 1.54) is 0 Å². The van der Waals surface area contributed by atoms with E-state index in [0.29, 0.717) is 22.0 Å². The van der Waals surface area contributed by atoms with Gasteiger partial charge < -0.3 is 9.74 Å². The highest BCUT2D eigenvalue weighted by Crippen LogP contribution is 2.46. The van der Waals surface area contributed by atoms with E-state index >= 15 is 0 Å². The van der Waals surface area contributed by atoms with Crippen LogP contribution in [0.1, 0.15) is 18.1 Å². The van der Waals surface area contributed by atoms with Gasteiger partial charge in [-0.05, 0) is 24.6 Å². The van der Waals surface area contributed by atoms with Crippen LogP contribution in [-0.2, 0) is 26.4 Å². The van der Waals surface area contributed by atoms with Crippen LogP contribution >= 0.6 is 11.6 Å². The summed E-state index contributed by atoms with van der Waals surface area (Å²) < 4.78 is 0. The summed E-state index contributed by atoms with van der Waals surface area (Å²) in [6.07, 6.45) is 0. The Morgan fingerprint density at radius 2 is 1.83 bits per heavy atom. The molecule has 0 radical (unpaired) electrons. The van der Waals surface area contributed by atoms with Crippen molar-refractivity contribution in [1.82, 2.24) is 0 Å². The Bertz CT molecular complexity index is 909. The van der Waals surface area contributed by atoms with E-state index in [0.717, 1.165) is 5.56 Å². The molecular formula is C18H13ClN2O3. The van der Waals surface area contributed by atoms with Crippen molar-refractivity contribution in [2.45, 2.75) is 18.9 Å². The molecular weight excluding hydrogens is 328 g/mol. The van der Waals surface area contributed by atoms with Crippen molar-refractivity contribution >= 4 is 34.9 Å². The number of fused-ring (bicyclic) bond motifs is 2. The normalized spacial score (nSPS) is 21.9. The van der Waals surface area contributed by atoms with Crippen molar-refractivity contribution in [3.05, 3.63) is 64.7 Å². The lowest BCUT2D eigenvalue weighted by atomic mass is 9.78. The monoisotopic (exact) mass is 340 g/mol. The van der Waals surface area contributed by atoms with Gasteiger partial charge in [-0.25, -0.2) is 4.79 Å². The highest BCUT2D eigenvalue weighted by atomic mass is 35.5. The molecule has 2 aromatic rings. The molecule has 5 nitrogen and oxygen atoms in total. The molecule has 4 rings (SSSR count). The molecule has 1 atom stereocenters. The van der Waals surface area contributed by atoms with Crippen LogP contribution in [0.2, 0.25) is 5.02 Å². The molecule has 2 heterocycles. The third-order valence-electron chi connectivity index (χ3n) is 4.57. The van der Waals surface area contributed by atoms with Gasteiger partial charge in [0.05, 0.1) is 12.3 Å². The molecule has 2 aliphatic heterocycles. The summed E-state index contributed by atoms with van der Waals surface area (Å²) in [4.78, 5) is 32.1. The second-order valence-corrected chi connectivity index (χ2v) is 6.21. The molecule has 0 saturated carbocycles. The Morgan fingerprint density at radius 3 is 2.54 bits per heavy atom. The van der Waals surface area contributed by atoms with Crippen LogP contribution in [0.3, 0.4) is 0 Å². The Morgan fingerprint density at radius 1 is 1.12 bits per heavy atom. The first-order valence-corrected chi connectivity index (χ1v) is 7.86. The molecule has 0 aromatic heterocycles. The van der Waals surface area contributed by atoms with E-state index in [9.17, 15) is 9.59 Å². The minimum Gasteiger partial charge on any atom is -0.316 e. The average Bonchev–Trinajstić information content (AvgIpc) is 3.02. The van der Waals surface area contributed by atoms with Crippen LogP contribution in [0.5, 0.6) is 0 Å². The summed E-state index contributed by atoms with van der Waals surface area (Å²) in [7, 11) is 0. The molecule has 24 heavy (non-hydrogen) atoms. The third-order valence-corrected chi connectivity index (χ3v) is 4.93. The predicted octanol–water partition coefficient (Wildman–Crippen LogP) is 3.06. The molecule has 2 aromatic carbocycles. The van der Waals surface area contributed by atoms with Gasteiger partial charge in [0.15, 0.2) is 0 Å². The summed E-state index contributed by atoms with van der Waals surface area (Å²) >= 11 is 6.23. The van der Waals surface area contributed by atoms with E-state index in [1.54, 1.807) is 30.0 Å². The van der Waals surface area contributed by atoms with Gasteiger partial charge in [0.2, 0.25) is 5.41 Å². The highest BCUT2D eigenvalue weighted by Gasteiger charge is 2.62. The lowest BCUT2D eigenvalue weighted by molar-refractivity contribution is -0.147. The van der Waals surface area contributed by atoms with Crippen LogP contribution < -0.4 is 4.90 Å². The number of nitrogens with zero attached hydrogens (tertiary/aromatic N) is 2. The van der Waals surface area contributed by atoms with Gasteiger partial charge in [-0.1, -0.05) is 53.2 Å². The number of hydrogen-bond acceptors (Lipinski definition) is 4. The zero-order valence-corrected chi connectivity index (χ0v) is 13.6. The highest BCUT2D eigenvalue weighted by molar-refractivity contribution is 6.36. The van der Waals surface area contributed by atoms with Crippen molar-refractivity contribution in [2.75, 3.05) is 4.90 Å². The Balaban J connectivity index is 1.86. The average molecular weight is 341 g/mol. The number of amides is 1. The standard InChI is InChI=1S/C18H13ClN2O3/c1-11-18(17(23)24-20-11)13-7-3-5-9-15(13)21(16(18)22)10-12-6-2-4-8-14(12)19/h2-9H,10H2,1H3/t18-/m1/s1. The fourth-order valence-electron chi connectivity index (χ4n) is 3.35. The molecule has 0 bridgehead atoms. The van der Waals surface area contributed by atoms with Gasteiger partial charge in [-0.3, -0.25) is 4.79 Å². The Labute approximate surface area is 143 Å². The molecule has 1 amide bonds. The SMILES string of the molecule is CC1=NOC(=O)[C@]12C(=O)N(Cc1ccccc1Cl)c1ccccc12. The van der Waals surface area contributed by atoms with Crippen LogP contribution in [0.25, 0.3) is 0 Å². The molecule has 0 N–H and O–H groups in total. The molecule has 0 saturated heterocycles. The summed E-state index contributed by atoms with van der Waals surface area (Å²) in [5.74, 6) is -1.01. The van der Waals surface area contributed by atoms with Crippen LogP contribution in [0.4, 0.5) is 5.69 Å². The molecule has 2 aliphatic rings. The predicted molar refractivity (Wildman–Crippen MR) is 90.0 cm³/mol. The van der Waals surface area contributed by atoms with E-state index in [2.05, 4.69) is 5.16 Å². The molecule has 1 spiro atoms. The Hall–Kier alpha value is -2.66. The van der Waals surface area contributed by atoms with Gasteiger partial charge in [0.25, 0.3) is 5.91 Å².